The van der Waals surface area contributed by atoms with Gasteiger partial charge in [0.15, 0.2) is 5.96 Å². The lowest BCUT2D eigenvalue weighted by Crippen LogP contribution is -2.39. The molecule has 1 rings (SSSR count). The average Bonchev–Trinajstić information content (AvgIpc) is 2.57. The van der Waals surface area contributed by atoms with Gasteiger partial charge in [0.25, 0.3) is 0 Å². The summed E-state index contributed by atoms with van der Waals surface area (Å²) in [4.78, 5) is 15.5. The number of rotatable bonds is 9. The number of nitrogens with zero attached hydrogens (tertiary/aromatic N) is 1. The minimum atomic E-state index is -2.92. The summed E-state index contributed by atoms with van der Waals surface area (Å²) >= 11 is 5.90. The Labute approximate surface area is 151 Å². The van der Waals surface area contributed by atoms with E-state index >= 15 is 0 Å². The molecule has 0 atom stereocenters. The lowest BCUT2D eigenvalue weighted by atomic mass is 10.2. The first-order valence-corrected chi connectivity index (χ1v) is 8.28. The van der Waals surface area contributed by atoms with Gasteiger partial charge in [0, 0.05) is 43.7 Å². The Morgan fingerprint density at radius 2 is 2.04 bits per heavy atom. The third-order valence-electron chi connectivity index (χ3n) is 3.13. The fourth-order valence-corrected chi connectivity index (χ4v) is 2.14. The monoisotopic (exact) mass is 376 g/mol. The van der Waals surface area contributed by atoms with Crippen LogP contribution in [0.3, 0.4) is 0 Å². The van der Waals surface area contributed by atoms with E-state index < -0.39 is 6.61 Å². The highest BCUT2D eigenvalue weighted by molar-refractivity contribution is 6.30. The molecule has 0 bridgehead atoms. The Morgan fingerprint density at radius 3 is 2.68 bits per heavy atom. The smallest absolute Gasteiger partial charge is 0.387 e. The first-order valence-electron chi connectivity index (χ1n) is 7.90. The number of aliphatic imine (C=N–C) groups is 1. The molecule has 0 unspecified atom stereocenters. The zero-order valence-electron chi connectivity index (χ0n) is 14.2. The first-order chi connectivity index (χ1) is 12.0. The SMILES string of the molecule is CCCNC(=O)CCNC(=NC)NCc1cc(Cl)ccc1OC(F)F. The number of hydrogen-bond donors (Lipinski definition) is 3. The Kier molecular flexibility index (Phi) is 9.61. The molecule has 0 saturated carbocycles. The van der Waals surface area contributed by atoms with Crippen molar-refractivity contribution >= 4 is 23.5 Å². The molecule has 0 aliphatic heterocycles. The number of amides is 1. The van der Waals surface area contributed by atoms with Gasteiger partial charge >= 0.3 is 6.61 Å². The standard InChI is InChI=1S/C16H23ClF2N4O2/c1-3-7-21-14(24)6-8-22-16(20-2)23-10-11-9-12(17)4-5-13(11)25-15(18)19/h4-5,9,15H,3,6-8,10H2,1-2H3,(H,21,24)(H2,20,22,23). The Bertz CT molecular complexity index is 585. The van der Waals surface area contributed by atoms with Crippen LogP contribution in [0.5, 0.6) is 5.75 Å². The number of ether oxygens (including phenoxy) is 1. The predicted octanol–water partition coefficient (Wildman–Crippen LogP) is 2.52. The van der Waals surface area contributed by atoms with Crippen molar-refractivity contribution in [2.75, 3.05) is 20.1 Å². The maximum absolute atomic E-state index is 12.4. The van der Waals surface area contributed by atoms with Crippen LogP contribution in [0.15, 0.2) is 23.2 Å². The number of hydrogen-bond acceptors (Lipinski definition) is 3. The lowest BCUT2D eigenvalue weighted by Gasteiger charge is -2.15. The molecule has 1 aromatic carbocycles. The second kappa shape index (κ2) is 11.5. The maximum Gasteiger partial charge on any atom is 0.387 e. The largest absolute Gasteiger partial charge is 0.434 e. The van der Waals surface area contributed by atoms with Gasteiger partial charge in [-0.25, -0.2) is 0 Å². The Hall–Kier alpha value is -2.09. The van der Waals surface area contributed by atoms with Crippen molar-refractivity contribution in [3.63, 3.8) is 0 Å². The fourth-order valence-electron chi connectivity index (χ4n) is 1.94. The van der Waals surface area contributed by atoms with Crippen LogP contribution in [0.25, 0.3) is 0 Å². The highest BCUT2D eigenvalue weighted by atomic mass is 35.5. The normalized spacial score (nSPS) is 11.4. The van der Waals surface area contributed by atoms with Crippen LogP contribution in [0.4, 0.5) is 8.78 Å². The van der Waals surface area contributed by atoms with E-state index in [0.29, 0.717) is 36.1 Å². The topological polar surface area (TPSA) is 74.8 Å². The van der Waals surface area contributed by atoms with Crippen molar-refractivity contribution < 1.29 is 18.3 Å². The second-order valence-corrected chi connectivity index (χ2v) is 5.52. The first kappa shape index (κ1) is 21.0. The van der Waals surface area contributed by atoms with Gasteiger partial charge in [-0.15, -0.1) is 0 Å². The van der Waals surface area contributed by atoms with Crippen LogP contribution >= 0.6 is 11.6 Å². The average molecular weight is 377 g/mol. The molecule has 1 amide bonds. The van der Waals surface area contributed by atoms with Crippen LogP contribution in [-0.2, 0) is 11.3 Å². The summed E-state index contributed by atoms with van der Waals surface area (Å²) in [5, 5.41) is 9.13. The number of nitrogens with one attached hydrogen (secondary N) is 3. The Morgan fingerprint density at radius 1 is 1.28 bits per heavy atom. The van der Waals surface area contributed by atoms with Crippen LogP contribution in [0.1, 0.15) is 25.3 Å². The minimum Gasteiger partial charge on any atom is -0.434 e. The number of halogens is 3. The molecule has 0 aliphatic carbocycles. The molecular weight excluding hydrogens is 354 g/mol. The molecule has 0 heterocycles. The molecule has 0 aromatic heterocycles. The van der Waals surface area contributed by atoms with Gasteiger partial charge in [0.05, 0.1) is 0 Å². The summed E-state index contributed by atoms with van der Waals surface area (Å²) in [6.07, 6.45) is 1.18. The van der Waals surface area contributed by atoms with Crippen molar-refractivity contribution in [3.8, 4) is 5.75 Å². The van der Waals surface area contributed by atoms with E-state index in [4.69, 9.17) is 11.6 Å². The van der Waals surface area contributed by atoms with Crippen LogP contribution in [0, 0.1) is 0 Å². The van der Waals surface area contributed by atoms with Gasteiger partial charge in [-0.1, -0.05) is 18.5 Å². The highest BCUT2D eigenvalue weighted by Gasteiger charge is 2.11. The summed E-state index contributed by atoms with van der Waals surface area (Å²) in [6, 6.07) is 4.41. The molecule has 0 fully saturated rings. The Balaban J connectivity index is 2.52. The zero-order valence-corrected chi connectivity index (χ0v) is 15.0. The van der Waals surface area contributed by atoms with Gasteiger partial charge in [-0.3, -0.25) is 9.79 Å². The molecule has 3 N–H and O–H groups in total. The molecule has 1 aromatic rings. The van der Waals surface area contributed by atoms with Crippen molar-refractivity contribution in [1.29, 1.82) is 0 Å². The molecule has 0 saturated heterocycles. The molecule has 25 heavy (non-hydrogen) atoms. The van der Waals surface area contributed by atoms with Crippen LogP contribution in [0.2, 0.25) is 5.02 Å². The third kappa shape index (κ3) is 8.53. The molecular formula is C16H23ClF2N4O2. The molecule has 140 valence electrons. The number of guanidine groups is 1. The van der Waals surface area contributed by atoms with Gasteiger partial charge in [0.2, 0.25) is 5.91 Å². The summed E-state index contributed by atoms with van der Waals surface area (Å²) in [5.41, 5.74) is 0.469. The fraction of sp³-hybridized carbons (Fsp3) is 0.500. The molecule has 9 heteroatoms. The van der Waals surface area contributed by atoms with E-state index in [9.17, 15) is 13.6 Å². The number of carbonyl (C=O) groups is 1. The lowest BCUT2D eigenvalue weighted by molar-refractivity contribution is -0.120. The van der Waals surface area contributed by atoms with E-state index in [1.165, 1.54) is 18.2 Å². The van der Waals surface area contributed by atoms with Crippen LogP contribution in [-0.4, -0.2) is 38.6 Å². The summed E-state index contributed by atoms with van der Waals surface area (Å²) in [6.45, 7) is 0.286. The molecule has 0 spiro atoms. The van der Waals surface area contributed by atoms with E-state index in [0.717, 1.165) is 6.42 Å². The van der Waals surface area contributed by atoms with E-state index in [1.807, 2.05) is 6.92 Å². The van der Waals surface area contributed by atoms with Gasteiger partial charge in [-0.05, 0) is 24.6 Å². The number of carbonyl (C=O) groups excluding carboxylic acids is 1. The van der Waals surface area contributed by atoms with Crippen molar-refractivity contribution in [2.24, 2.45) is 4.99 Å². The molecule has 0 aliphatic rings. The zero-order chi connectivity index (χ0) is 18.7. The van der Waals surface area contributed by atoms with Gasteiger partial charge in [-0.2, -0.15) is 8.78 Å². The quantitative estimate of drug-likeness (QED) is 0.457. The molecule has 0 radical (unpaired) electrons. The second-order valence-electron chi connectivity index (χ2n) is 5.08. The predicted molar refractivity (Wildman–Crippen MR) is 94.2 cm³/mol. The third-order valence-corrected chi connectivity index (χ3v) is 3.36. The van der Waals surface area contributed by atoms with Gasteiger partial charge < -0.3 is 20.7 Å². The minimum absolute atomic E-state index is 0.0429. The maximum atomic E-state index is 12.4. The van der Waals surface area contributed by atoms with E-state index in [1.54, 1.807) is 7.05 Å². The van der Waals surface area contributed by atoms with Gasteiger partial charge in [0.1, 0.15) is 5.75 Å². The number of benzene rings is 1. The van der Waals surface area contributed by atoms with Crippen LogP contribution < -0.4 is 20.7 Å². The highest BCUT2D eigenvalue weighted by Crippen LogP contribution is 2.24. The van der Waals surface area contributed by atoms with Crippen molar-refractivity contribution in [1.82, 2.24) is 16.0 Å². The summed E-state index contributed by atoms with van der Waals surface area (Å²) in [7, 11) is 1.57. The molecule has 6 nitrogen and oxygen atoms in total. The number of alkyl halides is 2. The van der Waals surface area contributed by atoms with E-state index in [-0.39, 0.29) is 18.2 Å². The van der Waals surface area contributed by atoms with Crippen molar-refractivity contribution in [3.05, 3.63) is 28.8 Å². The van der Waals surface area contributed by atoms with Crippen molar-refractivity contribution in [2.45, 2.75) is 32.9 Å². The summed E-state index contributed by atoms with van der Waals surface area (Å²) < 4.78 is 29.4. The summed E-state index contributed by atoms with van der Waals surface area (Å²) in [5.74, 6) is 0.430. The van der Waals surface area contributed by atoms with E-state index in [2.05, 4.69) is 25.7 Å².